The van der Waals surface area contributed by atoms with E-state index in [0.717, 1.165) is 56.1 Å². The minimum absolute atomic E-state index is 0.0597. The van der Waals surface area contributed by atoms with Crippen molar-refractivity contribution in [2.45, 2.75) is 40.2 Å². The van der Waals surface area contributed by atoms with Gasteiger partial charge in [-0.15, -0.1) is 0 Å². The molecular weight excluding hydrogens is 304 g/mol. The van der Waals surface area contributed by atoms with Crippen LogP contribution in [0.4, 0.5) is 0 Å². The Hall–Kier alpha value is -1.59. The van der Waals surface area contributed by atoms with Crippen molar-refractivity contribution < 1.29 is 14.3 Å². The highest BCUT2D eigenvalue weighted by Gasteiger charge is 2.16. The van der Waals surface area contributed by atoms with Gasteiger partial charge in [0.2, 0.25) is 0 Å². The van der Waals surface area contributed by atoms with Crippen LogP contribution in [0.1, 0.15) is 30.0 Å². The Morgan fingerprint density at radius 1 is 1.29 bits per heavy atom. The maximum absolute atomic E-state index is 12.2. The lowest BCUT2D eigenvalue weighted by atomic mass is 10.1. The minimum atomic E-state index is -0.492. The van der Waals surface area contributed by atoms with E-state index in [4.69, 9.17) is 9.47 Å². The van der Waals surface area contributed by atoms with Crippen molar-refractivity contribution in [2.24, 2.45) is 0 Å². The molecule has 24 heavy (non-hydrogen) atoms. The van der Waals surface area contributed by atoms with Gasteiger partial charge in [0.25, 0.3) is 5.91 Å². The standard InChI is InChI=1S/C19H30N2O3/c1-14-12-15(2)16(3)18(13-14)24-17(4)19(22)20-6-5-7-21-8-10-23-11-9-21/h12-13,17H,5-11H2,1-4H3,(H,20,22)/t17-/m0/s1. The highest BCUT2D eigenvalue weighted by Crippen LogP contribution is 2.24. The van der Waals surface area contributed by atoms with Gasteiger partial charge in [-0.3, -0.25) is 9.69 Å². The number of carbonyl (C=O) groups is 1. The van der Waals surface area contributed by atoms with Crippen molar-refractivity contribution in [3.8, 4) is 5.75 Å². The van der Waals surface area contributed by atoms with Crippen LogP contribution in [0, 0.1) is 20.8 Å². The van der Waals surface area contributed by atoms with Crippen LogP contribution in [-0.4, -0.2) is 56.3 Å². The van der Waals surface area contributed by atoms with Crippen molar-refractivity contribution in [3.05, 3.63) is 28.8 Å². The second-order valence-electron chi connectivity index (χ2n) is 6.56. The van der Waals surface area contributed by atoms with E-state index in [1.165, 1.54) is 5.56 Å². The molecule has 1 N–H and O–H groups in total. The van der Waals surface area contributed by atoms with Crippen LogP contribution in [0.25, 0.3) is 0 Å². The molecule has 0 bridgehead atoms. The van der Waals surface area contributed by atoms with Gasteiger partial charge >= 0.3 is 0 Å². The fraction of sp³-hybridized carbons (Fsp3) is 0.632. The number of morpholine rings is 1. The van der Waals surface area contributed by atoms with Gasteiger partial charge in [0, 0.05) is 19.6 Å². The average Bonchev–Trinajstić information content (AvgIpc) is 2.56. The smallest absolute Gasteiger partial charge is 0.260 e. The monoisotopic (exact) mass is 334 g/mol. The SMILES string of the molecule is Cc1cc(C)c(C)c(O[C@@H](C)C(=O)NCCCN2CCOCC2)c1. The summed E-state index contributed by atoms with van der Waals surface area (Å²) in [5.74, 6) is 0.735. The van der Waals surface area contributed by atoms with Crippen LogP contribution in [-0.2, 0) is 9.53 Å². The molecule has 5 heteroatoms. The fourth-order valence-electron chi connectivity index (χ4n) is 2.85. The Kier molecular flexibility index (Phi) is 7.06. The van der Waals surface area contributed by atoms with Gasteiger partial charge in [-0.2, -0.15) is 0 Å². The molecule has 0 saturated carbocycles. The van der Waals surface area contributed by atoms with Gasteiger partial charge in [-0.1, -0.05) is 6.07 Å². The van der Waals surface area contributed by atoms with Gasteiger partial charge in [0.15, 0.2) is 6.10 Å². The van der Waals surface area contributed by atoms with Gasteiger partial charge < -0.3 is 14.8 Å². The molecule has 0 aromatic heterocycles. The molecule has 1 atom stereocenters. The number of hydrogen-bond donors (Lipinski definition) is 1. The molecule has 2 rings (SSSR count). The number of benzene rings is 1. The van der Waals surface area contributed by atoms with E-state index in [1.54, 1.807) is 6.92 Å². The fourth-order valence-corrected chi connectivity index (χ4v) is 2.85. The van der Waals surface area contributed by atoms with E-state index in [-0.39, 0.29) is 5.91 Å². The predicted molar refractivity (Wildman–Crippen MR) is 95.6 cm³/mol. The first kappa shape index (κ1) is 18.7. The number of nitrogens with zero attached hydrogens (tertiary/aromatic N) is 1. The molecule has 0 aliphatic carbocycles. The molecule has 1 fully saturated rings. The summed E-state index contributed by atoms with van der Waals surface area (Å²) in [6.07, 6.45) is 0.453. The van der Waals surface area contributed by atoms with Gasteiger partial charge in [-0.05, 0) is 63.4 Å². The molecule has 1 aromatic carbocycles. The molecule has 1 aliphatic rings. The number of aryl methyl sites for hydroxylation is 2. The van der Waals surface area contributed by atoms with Gasteiger partial charge in [-0.25, -0.2) is 0 Å². The first-order valence-electron chi connectivity index (χ1n) is 8.79. The normalized spacial score (nSPS) is 16.7. The van der Waals surface area contributed by atoms with E-state index in [9.17, 15) is 4.79 Å². The summed E-state index contributed by atoms with van der Waals surface area (Å²) in [7, 11) is 0. The third-order valence-corrected chi connectivity index (χ3v) is 4.49. The molecule has 134 valence electrons. The number of ether oxygens (including phenoxy) is 2. The second kappa shape index (κ2) is 9.04. The third-order valence-electron chi connectivity index (χ3n) is 4.49. The minimum Gasteiger partial charge on any atom is -0.481 e. The number of nitrogens with one attached hydrogen (secondary N) is 1. The summed E-state index contributed by atoms with van der Waals surface area (Å²) in [6, 6.07) is 4.11. The van der Waals surface area contributed by atoms with Crippen molar-refractivity contribution in [2.75, 3.05) is 39.4 Å². The lowest BCUT2D eigenvalue weighted by molar-refractivity contribution is -0.127. The van der Waals surface area contributed by atoms with Gasteiger partial charge in [0.1, 0.15) is 5.75 Å². The van der Waals surface area contributed by atoms with E-state index in [0.29, 0.717) is 6.54 Å². The Morgan fingerprint density at radius 2 is 2.00 bits per heavy atom. The maximum Gasteiger partial charge on any atom is 0.260 e. The topological polar surface area (TPSA) is 50.8 Å². The summed E-state index contributed by atoms with van der Waals surface area (Å²) in [4.78, 5) is 14.6. The highest BCUT2D eigenvalue weighted by atomic mass is 16.5. The summed E-state index contributed by atoms with van der Waals surface area (Å²) in [5, 5.41) is 2.97. The highest BCUT2D eigenvalue weighted by molar-refractivity contribution is 5.80. The van der Waals surface area contributed by atoms with Crippen LogP contribution in [0.5, 0.6) is 5.75 Å². The van der Waals surface area contributed by atoms with Crippen LogP contribution in [0.2, 0.25) is 0 Å². The Balaban J connectivity index is 1.74. The summed E-state index contributed by atoms with van der Waals surface area (Å²) < 4.78 is 11.2. The lowest BCUT2D eigenvalue weighted by Crippen LogP contribution is -2.40. The zero-order valence-corrected chi connectivity index (χ0v) is 15.4. The molecule has 1 aliphatic heterocycles. The van der Waals surface area contributed by atoms with E-state index < -0.39 is 6.10 Å². The second-order valence-corrected chi connectivity index (χ2v) is 6.56. The Bertz CT molecular complexity index is 554. The van der Waals surface area contributed by atoms with Crippen LogP contribution >= 0.6 is 0 Å². The van der Waals surface area contributed by atoms with Crippen molar-refractivity contribution >= 4 is 5.91 Å². The van der Waals surface area contributed by atoms with E-state index >= 15 is 0 Å². The van der Waals surface area contributed by atoms with E-state index in [2.05, 4.69) is 23.2 Å². The first-order valence-corrected chi connectivity index (χ1v) is 8.79. The number of carbonyl (C=O) groups excluding carboxylic acids is 1. The number of hydrogen-bond acceptors (Lipinski definition) is 4. The largest absolute Gasteiger partial charge is 0.481 e. The molecule has 5 nitrogen and oxygen atoms in total. The molecule has 1 aromatic rings. The molecule has 1 saturated heterocycles. The molecular formula is C19H30N2O3. The Labute approximate surface area is 145 Å². The quantitative estimate of drug-likeness (QED) is 0.777. The summed E-state index contributed by atoms with van der Waals surface area (Å²) >= 11 is 0. The number of rotatable bonds is 7. The van der Waals surface area contributed by atoms with Crippen LogP contribution < -0.4 is 10.1 Å². The average molecular weight is 334 g/mol. The van der Waals surface area contributed by atoms with Crippen molar-refractivity contribution in [1.82, 2.24) is 10.2 Å². The van der Waals surface area contributed by atoms with Gasteiger partial charge in [0.05, 0.1) is 13.2 Å². The van der Waals surface area contributed by atoms with E-state index in [1.807, 2.05) is 19.9 Å². The lowest BCUT2D eigenvalue weighted by Gasteiger charge is -2.26. The van der Waals surface area contributed by atoms with Crippen molar-refractivity contribution in [3.63, 3.8) is 0 Å². The van der Waals surface area contributed by atoms with Crippen molar-refractivity contribution in [1.29, 1.82) is 0 Å². The molecule has 1 amide bonds. The number of amides is 1. The van der Waals surface area contributed by atoms with Crippen LogP contribution in [0.15, 0.2) is 12.1 Å². The Morgan fingerprint density at radius 3 is 2.71 bits per heavy atom. The molecule has 0 unspecified atom stereocenters. The summed E-state index contributed by atoms with van der Waals surface area (Å²) in [6.45, 7) is 13.2. The predicted octanol–water partition coefficient (Wildman–Crippen LogP) is 2.22. The maximum atomic E-state index is 12.2. The zero-order valence-electron chi connectivity index (χ0n) is 15.4. The molecule has 0 spiro atoms. The summed E-state index contributed by atoms with van der Waals surface area (Å²) in [5.41, 5.74) is 3.42. The third kappa shape index (κ3) is 5.49. The molecule has 1 heterocycles. The zero-order chi connectivity index (χ0) is 17.5. The van der Waals surface area contributed by atoms with Crippen LogP contribution in [0.3, 0.4) is 0 Å². The first-order chi connectivity index (χ1) is 11.5. The molecule has 0 radical (unpaired) electrons.